The SMILES string of the molecule is Cc1cc(N)cc(Cl)c1NC(=O)/C=C/c1ccc(-c2ccc(Cl)cc2)o1. The molecule has 0 unspecified atom stereocenters. The van der Waals surface area contributed by atoms with E-state index in [1.54, 1.807) is 36.4 Å². The summed E-state index contributed by atoms with van der Waals surface area (Å²) in [5.41, 5.74) is 8.50. The Morgan fingerprint density at radius 1 is 1.12 bits per heavy atom. The lowest BCUT2D eigenvalue weighted by molar-refractivity contribution is -0.111. The Hall–Kier alpha value is -2.69. The molecule has 0 bridgehead atoms. The van der Waals surface area contributed by atoms with Crippen molar-refractivity contribution in [3.63, 3.8) is 0 Å². The van der Waals surface area contributed by atoms with Crippen molar-refractivity contribution in [1.82, 2.24) is 0 Å². The molecule has 3 N–H and O–H groups in total. The smallest absolute Gasteiger partial charge is 0.248 e. The number of carbonyl (C=O) groups is 1. The largest absolute Gasteiger partial charge is 0.457 e. The number of nitrogens with two attached hydrogens (primary N) is 1. The molecule has 0 saturated heterocycles. The maximum atomic E-state index is 12.1. The van der Waals surface area contributed by atoms with E-state index in [1.807, 2.05) is 25.1 Å². The number of amides is 1. The van der Waals surface area contributed by atoms with E-state index in [-0.39, 0.29) is 5.91 Å². The molecule has 132 valence electrons. The maximum absolute atomic E-state index is 12.1. The molecule has 1 amide bonds. The Morgan fingerprint density at radius 2 is 1.85 bits per heavy atom. The average molecular weight is 387 g/mol. The minimum Gasteiger partial charge on any atom is -0.457 e. The predicted octanol–water partition coefficient (Wildman–Crippen LogP) is 5.80. The van der Waals surface area contributed by atoms with Crippen LogP contribution >= 0.6 is 23.2 Å². The van der Waals surface area contributed by atoms with E-state index >= 15 is 0 Å². The average Bonchev–Trinajstić information content (AvgIpc) is 3.06. The lowest BCUT2D eigenvalue weighted by atomic mass is 10.1. The Bertz CT molecular complexity index is 953. The maximum Gasteiger partial charge on any atom is 0.248 e. The number of nitrogen functional groups attached to an aromatic ring is 1. The monoisotopic (exact) mass is 386 g/mol. The van der Waals surface area contributed by atoms with Crippen LogP contribution in [0.25, 0.3) is 17.4 Å². The Kier molecular flexibility index (Phi) is 5.35. The van der Waals surface area contributed by atoms with Crippen molar-refractivity contribution in [2.75, 3.05) is 11.1 Å². The number of nitrogens with one attached hydrogen (secondary N) is 1. The molecule has 0 fully saturated rings. The van der Waals surface area contributed by atoms with E-state index in [0.717, 1.165) is 11.1 Å². The summed E-state index contributed by atoms with van der Waals surface area (Å²) in [6.07, 6.45) is 2.98. The number of halogens is 2. The fraction of sp³-hybridized carbons (Fsp3) is 0.0500. The van der Waals surface area contributed by atoms with Gasteiger partial charge in [-0.1, -0.05) is 23.2 Å². The summed E-state index contributed by atoms with van der Waals surface area (Å²) in [6.45, 7) is 1.83. The van der Waals surface area contributed by atoms with E-state index in [0.29, 0.717) is 32.9 Å². The summed E-state index contributed by atoms with van der Waals surface area (Å²) >= 11 is 12.0. The van der Waals surface area contributed by atoms with Gasteiger partial charge in [0.2, 0.25) is 5.91 Å². The van der Waals surface area contributed by atoms with Crippen molar-refractivity contribution in [3.05, 3.63) is 76.0 Å². The number of furan rings is 1. The molecule has 3 rings (SSSR count). The summed E-state index contributed by atoms with van der Waals surface area (Å²) in [6, 6.07) is 14.3. The topological polar surface area (TPSA) is 68.3 Å². The summed E-state index contributed by atoms with van der Waals surface area (Å²) in [5, 5.41) is 3.81. The van der Waals surface area contributed by atoms with Gasteiger partial charge < -0.3 is 15.5 Å². The van der Waals surface area contributed by atoms with Gasteiger partial charge in [-0.25, -0.2) is 0 Å². The third-order valence-corrected chi connectivity index (χ3v) is 4.26. The van der Waals surface area contributed by atoms with Gasteiger partial charge in [0.25, 0.3) is 0 Å². The van der Waals surface area contributed by atoms with Crippen LogP contribution in [0.2, 0.25) is 10.0 Å². The van der Waals surface area contributed by atoms with Gasteiger partial charge >= 0.3 is 0 Å². The van der Waals surface area contributed by atoms with E-state index in [2.05, 4.69) is 5.32 Å². The molecule has 0 saturated carbocycles. The van der Waals surface area contributed by atoms with Crippen LogP contribution in [0, 0.1) is 6.92 Å². The summed E-state index contributed by atoms with van der Waals surface area (Å²) in [7, 11) is 0. The highest BCUT2D eigenvalue weighted by Crippen LogP contribution is 2.29. The number of carbonyl (C=O) groups excluding carboxylic acids is 1. The van der Waals surface area contributed by atoms with E-state index < -0.39 is 0 Å². The molecule has 6 heteroatoms. The fourth-order valence-corrected chi connectivity index (χ4v) is 2.91. The van der Waals surface area contributed by atoms with Gasteiger partial charge in [-0.3, -0.25) is 4.79 Å². The van der Waals surface area contributed by atoms with Crippen LogP contribution in [0.15, 0.2) is 59.0 Å². The Balaban J connectivity index is 1.70. The minimum atomic E-state index is -0.316. The van der Waals surface area contributed by atoms with Crippen molar-refractivity contribution < 1.29 is 9.21 Å². The molecule has 1 heterocycles. The first-order valence-corrected chi connectivity index (χ1v) is 8.58. The Labute approximate surface area is 161 Å². The third kappa shape index (κ3) is 4.28. The van der Waals surface area contributed by atoms with Crippen molar-refractivity contribution in [1.29, 1.82) is 0 Å². The highest BCUT2D eigenvalue weighted by Gasteiger charge is 2.08. The van der Waals surface area contributed by atoms with Crippen molar-refractivity contribution in [2.24, 2.45) is 0 Å². The van der Waals surface area contributed by atoms with Gasteiger partial charge in [0.05, 0.1) is 10.7 Å². The predicted molar refractivity (Wildman–Crippen MR) is 107 cm³/mol. The van der Waals surface area contributed by atoms with Crippen LogP contribution in [-0.2, 0) is 4.79 Å². The van der Waals surface area contributed by atoms with Crippen molar-refractivity contribution in [3.8, 4) is 11.3 Å². The molecule has 0 atom stereocenters. The lowest BCUT2D eigenvalue weighted by Crippen LogP contribution is -2.09. The normalized spacial score (nSPS) is 11.0. The number of hydrogen-bond acceptors (Lipinski definition) is 3. The van der Waals surface area contributed by atoms with Crippen LogP contribution in [0.4, 0.5) is 11.4 Å². The van der Waals surface area contributed by atoms with Crippen LogP contribution < -0.4 is 11.1 Å². The molecule has 0 radical (unpaired) electrons. The number of rotatable bonds is 4. The quantitative estimate of drug-likeness (QED) is 0.439. The van der Waals surface area contributed by atoms with Gasteiger partial charge in [0, 0.05) is 22.3 Å². The third-order valence-electron chi connectivity index (χ3n) is 3.71. The number of hydrogen-bond donors (Lipinski definition) is 2. The zero-order chi connectivity index (χ0) is 18.7. The van der Waals surface area contributed by atoms with Crippen LogP contribution in [0.5, 0.6) is 0 Å². The molecule has 1 aromatic heterocycles. The Morgan fingerprint density at radius 3 is 2.54 bits per heavy atom. The van der Waals surface area contributed by atoms with Gasteiger partial charge in [-0.05, 0) is 67.1 Å². The first-order chi connectivity index (χ1) is 12.4. The molecular formula is C20H16Cl2N2O2. The highest BCUT2D eigenvalue weighted by atomic mass is 35.5. The molecule has 0 aliphatic rings. The molecule has 4 nitrogen and oxygen atoms in total. The first-order valence-electron chi connectivity index (χ1n) is 7.83. The molecular weight excluding hydrogens is 371 g/mol. The van der Waals surface area contributed by atoms with Gasteiger partial charge in [-0.15, -0.1) is 0 Å². The molecule has 0 aliphatic heterocycles. The molecule has 0 spiro atoms. The summed E-state index contributed by atoms with van der Waals surface area (Å²) in [4.78, 5) is 12.1. The van der Waals surface area contributed by atoms with E-state index in [9.17, 15) is 4.79 Å². The van der Waals surface area contributed by atoms with Crippen LogP contribution in [0.3, 0.4) is 0 Å². The molecule has 0 aliphatic carbocycles. The highest BCUT2D eigenvalue weighted by molar-refractivity contribution is 6.34. The summed E-state index contributed by atoms with van der Waals surface area (Å²) in [5.74, 6) is 0.939. The molecule has 2 aromatic carbocycles. The van der Waals surface area contributed by atoms with Crippen LogP contribution in [0.1, 0.15) is 11.3 Å². The minimum absolute atomic E-state index is 0.316. The van der Waals surface area contributed by atoms with E-state index in [4.69, 9.17) is 33.4 Å². The van der Waals surface area contributed by atoms with Gasteiger partial charge in [-0.2, -0.15) is 0 Å². The second-order valence-corrected chi connectivity index (χ2v) is 6.57. The molecule has 26 heavy (non-hydrogen) atoms. The summed E-state index contributed by atoms with van der Waals surface area (Å²) < 4.78 is 5.72. The first kappa shape index (κ1) is 18.1. The van der Waals surface area contributed by atoms with E-state index in [1.165, 1.54) is 6.08 Å². The van der Waals surface area contributed by atoms with Gasteiger partial charge in [0.1, 0.15) is 11.5 Å². The van der Waals surface area contributed by atoms with Gasteiger partial charge in [0.15, 0.2) is 0 Å². The lowest BCUT2D eigenvalue weighted by Gasteiger charge is -2.09. The van der Waals surface area contributed by atoms with Crippen LogP contribution in [-0.4, -0.2) is 5.91 Å². The number of anilines is 2. The van der Waals surface area contributed by atoms with Crippen molar-refractivity contribution >= 4 is 46.6 Å². The standard InChI is InChI=1S/C20H16Cl2N2O2/c1-12-10-15(23)11-17(22)20(12)24-19(25)9-7-16-6-8-18(26-16)13-2-4-14(21)5-3-13/h2-11H,23H2,1H3,(H,24,25)/b9-7+. The second-order valence-electron chi connectivity index (χ2n) is 5.73. The molecule has 3 aromatic rings. The second kappa shape index (κ2) is 7.68. The van der Waals surface area contributed by atoms with Crippen molar-refractivity contribution in [2.45, 2.75) is 6.92 Å². The zero-order valence-corrected chi connectivity index (χ0v) is 15.4. The zero-order valence-electron chi connectivity index (χ0n) is 13.9. The number of aryl methyl sites for hydroxylation is 1. The fourth-order valence-electron chi connectivity index (χ4n) is 2.46. The number of benzene rings is 2.